The largest absolute Gasteiger partial charge is 0.494 e. The van der Waals surface area contributed by atoms with Gasteiger partial charge in [-0.15, -0.1) is 0 Å². The van der Waals surface area contributed by atoms with E-state index in [1.807, 2.05) is 36.4 Å². The van der Waals surface area contributed by atoms with Gasteiger partial charge in [0.05, 0.1) is 19.8 Å². The van der Waals surface area contributed by atoms with Crippen molar-refractivity contribution in [2.45, 2.75) is 117 Å². The van der Waals surface area contributed by atoms with Gasteiger partial charge in [0.1, 0.15) is 17.2 Å². The standard InChI is InChI=1S/3C19H28N2O4/c3*1-16(22)25-15-19(23)20-9-6-12-24-18-8-5-7-17(13-18)14-21-10-3-2-4-11-21/h3*5,7-8,13H,2-4,6,9-12,14-15H2,1H3,(H,20,23). The Kier molecular flexibility index (Phi) is 30.6. The highest BCUT2D eigenvalue weighted by molar-refractivity contribution is 5.80. The fourth-order valence-corrected chi connectivity index (χ4v) is 8.45. The third-order valence-corrected chi connectivity index (χ3v) is 12.2. The SMILES string of the molecule is CC(=O)OCC(=O)NCCCOc1cccc(CN2CCCCC2)c1.CC(=O)OCC(=O)NCCCOc1cccc(CN2CCCCC2)c1.CC(=O)OCC(=O)NCCCOc1cccc(CN2CCCCC2)c1. The Labute approximate surface area is 444 Å². The Morgan fingerprint density at radius 3 is 0.920 bits per heavy atom. The van der Waals surface area contributed by atoms with E-state index in [1.165, 1.54) is 135 Å². The summed E-state index contributed by atoms with van der Waals surface area (Å²) in [7, 11) is 0. The van der Waals surface area contributed by atoms with Crippen molar-refractivity contribution < 1.29 is 57.2 Å². The number of hydrogen-bond donors (Lipinski definition) is 3. The number of benzene rings is 3. The van der Waals surface area contributed by atoms with Gasteiger partial charge in [0.2, 0.25) is 0 Å². The maximum Gasteiger partial charge on any atom is 0.303 e. The number of hydrogen-bond acceptors (Lipinski definition) is 15. The summed E-state index contributed by atoms with van der Waals surface area (Å²) < 4.78 is 31.1. The summed E-state index contributed by atoms with van der Waals surface area (Å²) in [6, 6.07) is 24.6. The molecule has 3 N–H and O–H groups in total. The maximum atomic E-state index is 11.4. The van der Waals surface area contributed by atoms with Crippen molar-refractivity contribution in [2.24, 2.45) is 0 Å². The van der Waals surface area contributed by atoms with Crippen LogP contribution in [0.4, 0.5) is 0 Å². The minimum atomic E-state index is -0.456. The fraction of sp³-hybridized carbons (Fsp3) is 0.579. The minimum absolute atomic E-state index is 0.227. The molecule has 18 nitrogen and oxygen atoms in total. The van der Waals surface area contributed by atoms with E-state index in [1.54, 1.807) is 0 Å². The predicted octanol–water partition coefficient (Wildman–Crippen LogP) is 6.36. The molecule has 3 heterocycles. The number of carbonyl (C=O) groups is 6. The topological polar surface area (TPSA) is 204 Å². The Balaban J connectivity index is 0.000000243. The van der Waals surface area contributed by atoms with Gasteiger partial charge in [0, 0.05) is 60.0 Å². The van der Waals surface area contributed by atoms with Crippen molar-refractivity contribution in [3.05, 3.63) is 89.5 Å². The van der Waals surface area contributed by atoms with Crippen molar-refractivity contribution in [1.82, 2.24) is 30.7 Å². The first-order valence-corrected chi connectivity index (χ1v) is 26.9. The number of amides is 3. The van der Waals surface area contributed by atoms with Crippen molar-refractivity contribution in [2.75, 3.05) is 98.5 Å². The van der Waals surface area contributed by atoms with Gasteiger partial charge in [-0.2, -0.15) is 0 Å². The molecule has 18 heteroatoms. The zero-order chi connectivity index (χ0) is 53.7. The molecular formula is C57H84N6O12. The molecule has 3 aliphatic rings. The van der Waals surface area contributed by atoms with E-state index in [-0.39, 0.29) is 37.5 Å². The lowest BCUT2D eigenvalue weighted by molar-refractivity contribution is -0.146. The van der Waals surface area contributed by atoms with Crippen molar-refractivity contribution in [3.63, 3.8) is 0 Å². The summed E-state index contributed by atoms with van der Waals surface area (Å²) in [6.45, 7) is 16.2. The predicted molar refractivity (Wildman–Crippen MR) is 286 cm³/mol. The van der Waals surface area contributed by atoms with Crippen LogP contribution in [0.2, 0.25) is 0 Å². The summed E-state index contributed by atoms with van der Waals surface area (Å²) in [4.78, 5) is 73.4. The molecule has 0 aliphatic carbocycles. The molecule has 0 radical (unpaired) electrons. The van der Waals surface area contributed by atoms with E-state index in [2.05, 4.69) is 81.3 Å². The summed E-state index contributed by atoms with van der Waals surface area (Å²) in [5.41, 5.74) is 3.82. The molecule has 0 bridgehead atoms. The Morgan fingerprint density at radius 1 is 0.400 bits per heavy atom. The number of rotatable bonds is 27. The highest BCUT2D eigenvalue weighted by atomic mass is 16.5. The summed E-state index contributed by atoms with van der Waals surface area (Å²) >= 11 is 0. The van der Waals surface area contributed by atoms with Gasteiger partial charge < -0.3 is 44.4 Å². The summed E-state index contributed by atoms with van der Waals surface area (Å²) in [6.07, 6.45) is 13.9. The first-order chi connectivity index (χ1) is 36.4. The zero-order valence-corrected chi connectivity index (χ0v) is 44.9. The third-order valence-electron chi connectivity index (χ3n) is 12.2. The molecule has 75 heavy (non-hydrogen) atoms. The molecule has 6 rings (SSSR count). The van der Waals surface area contributed by atoms with Gasteiger partial charge in [-0.25, -0.2) is 0 Å². The van der Waals surface area contributed by atoms with Crippen LogP contribution in [0.5, 0.6) is 17.2 Å². The normalized spacial score (nSPS) is 14.8. The van der Waals surface area contributed by atoms with Crippen LogP contribution < -0.4 is 30.2 Å². The summed E-state index contributed by atoms with van der Waals surface area (Å²) in [5, 5.41) is 8.06. The highest BCUT2D eigenvalue weighted by Crippen LogP contribution is 2.20. The first-order valence-electron chi connectivity index (χ1n) is 26.9. The second-order valence-electron chi connectivity index (χ2n) is 18.9. The van der Waals surface area contributed by atoms with Crippen LogP contribution in [0.15, 0.2) is 72.8 Å². The number of esters is 3. The smallest absolute Gasteiger partial charge is 0.303 e. The number of nitrogens with zero attached hydrogens (tertiary/aromatic N) is 3. The Morgan fingerprint density at radius 2 is 0.667 bits per heavy atom. The molecule has 0 unspecified atom stereocenters. The maximum absolute atomic E-state index is 11.4. The minimum Gasteiger partial charge on any atom is -0.494 e. The van der Waals surface area contributed by atoms with E-state index in [0.717, 1.165) is 36.9 Å². The lowest BCUT2D eigenvalue weighted by atomic mass is 10.1. The Hall–Kier alpha value is -6.24. The van der Waals surface area contributed by atoms with Crippen LogP contribution in [0.3, 0.4) is 0 Å². The molecular weight excluding hydrogens is 961 g/mol. The second kappa shape index (κ2) is 37.5. The molecule has 3 aromatic carbocycles. The van der Waals surface area contributed by atoms with Crippen LogP contribution in [0.25, 0.3) is 0 Å². The van der Waals surface area contributed by atoms with Crippen LogP contribution in [0, 0.1) is 0 Å². The Bertz CT molecular complexity index is 1900. The average molecular weight is 1050 g/mol. The van der Waals surface area contributed by atoms with E-state index < -0.39 is 17.9 Å². The number of carbonyl (C=O) groups excluding carboxylic acids is 6. The van der Waals surface area contributed by atoms with Gasteiger partial charge in [0.15, 0.2) is 19.8 Å². The number of nitrogens with one attached hydrogen (secondary N) is 3. The molecule has 414 valence electrons. The average Bonchev–Trinajstić information content (AvgIpc) is 3.40. The third kappa shape index (κ3) is 30.0. The van der Waals surface area contributed by atoms with Gasteiger partial charge >= 0.3 is 17.9 Å². The van der Waals surface area contributed by atoms with E-state index >= 15 is 0 Å². The van der Waals surface area contributed by atoms with Crippen LogP contribution in [-0.4, -0.2) is 149 Å². The second-order valence-corrected chi connectivity index (χ2v) is 18.9. The lowest BCUT2D eigenvalue weighted by Crippen LogP contribution is -2.30. The molecule has 3 amide bonds. The van der Waals surface area contributed by atoms with Crippen molar-refractivity contribution in [1.29, 1.82) is 0 Å². The van der Waals surface area contributed by atoms with Gasteiger partial charge in [-0.3, -0.25) is 43.5 Å². The first kappa shape index (κ1) is 61.3. The molecule has 3 aromatic rings. The summed E-state index contributed by atoms with van der Waals surface area (Å²) in [5.74, 6) is 0.340. The van der Waals surface area contributed by atoms with Gasteiger partial charge in [0.25, 0.3) is 17.7 Å². The zero-order valence-electron chi connectivity index (χ0n) is 44.9. The lowest BCUT2D eigenvalue weighted by Gasteiger charge is -2.26. The van der Waals surface area contributed by atoms with Crippen molar-refractivity contribution in [3.8, 4) is 17.2 Å². The van der Waals surface area contributed by atoms with Crippen LogP contribution in [0.1, 0.15) is 115 Å². The monoisotopic (exact) mass is 1040 g/mol. The van der Waals surface area contributed by atoms with Crippen LogP contribution in [-0.2, 0) is 62.6 Å². The van der Waals surface area contributed by atoms with E-state index in [4.69, 9.17) is 14.2 Å². The number of piperidine rings is 3. The van der Waals surface area contributed by atoms with Gasteiger partial charge in [-0.1, -0.05) is 55.7 Å². The molecule has 3 saturated heterocycles. The highest BCUT2D eigenvalue weighted by Gasteiger charge is 2.14. The molecule has 3 aliphatic heterocycles. The molecule has 0 aromatic heterocycles. The van der Waals surface area contributed by atoms with E-state index in [0.29, 0.717) is 58.7 Å². The fourth-order valence-electron chi connectivity index (χ4n) is 8.45. The quantitative estimate of drug-likeness (QED) is 0.0432. The molecule has 0 saturated carbocycles. The molecule has 0 atom stereocenters. The molecule has 0 spiro atoms. The van der Waals surface area contributed by atoms with Crippen molar-refractivity contribution >= 4 is 35.6 Å². The number of ether oxygens (including phenoxy) is 6. The van der Waals surface area contributed by atoms with E-state index in [9.17, 15) is 28.8 Å². The van der Waals surface area contributed by atoms with Gasteiger partial charge in [-0.05, 0) is 150 Å². The molecule has 3 fully saturated rings. The van der Waals surface area contributed by atoms with Crippen LogP contribution >= 0.6 is 0 Å². The number of likely N-dealkylation sites (tertiary alicyclic amines) is 3.